The first kappa shape index (κ1) is 22.6. The summed E-state index contributed by atoms with van der Waals surface area (Å²) >= 11 is 0. The molecule has 1 heterocycles. The van der Waals surface area contributed by atoms with E-state index in [4.69, 9.17) is 14.2 Å². The van der Waals surface area contributed by atoms with Crippen molar-refractivity contribution in [1.82, 2.24) is 0 Å². The van der Waals surface area contributed by atoms with E-state index < -0.39 is 48.2 Å². The molecule has 158 valence electrons. The molecule has 0 aromatic heterocycles. The predicted octanol–water partition coefficient (Wildman–Crippen LogP) is 2.55. The summed E-state index contributed by atoms with van der Waals surface area (Å²) < 4.78 is 16.4. The number of rotatable bonds is 3. The van der Waals surface area contributed by atoms with E-state index in [1.165, 1.54) is 6.92 Å². The standard InChI is InChI=1S/C22H28O7/c1-7-11(2)21(25)29-20-18-14(5)22(26)28-17(18)10-13(4)16(27-15(6)23)9-8-12(3)19(20)24/h7-8,10,16-20,24H,5,9H2,1-4,6H3/b11-7-,12-8?,13-10+/t16-,17+,18-,19?,20-/m0/s1. The molecule has 0 bridgehead atoms. The number of allylic oxidation sites excluding steroid dienone is 1. The van der Waals surface area contributed by atoms with Gasteiger partial charge >= 0.3 is 17.9 Å². The third kappa shape index (κ3) is 5.03. The van der Waals surface area contributed by atoms with E-state index in [0.29, 0.717) is 23.1 Å². The van der Waals surface area contributed by atoms with Crippen molar-refractivity contribution in [3.63, 3.8) is 0 Å². The predicted molar refractivity (Wildman–Crippen MR) is 106 cm³/mol. The lowest BCUT2D eigenvalue weighted by molar-refractivity contribution is -0.153. The van der Waals surface area contributed by atoms with Gasteiger partial charge in [-0.1, -0.05) is 18.7 Å². The Bertz CT molecular complexity index is 802. The van der Waals surface area contributed by atoms with Crippen molar-refractivity contribution >= 4 is 17.9 Å². The molecule has 1 aliphatic heterocycles. The first-order valence-electron chi connectivity index (χ1n) is 9.50. The van der Waals surface area contributed by atoms with Gasteiger partial charge in [-0.2, -0.15) is 0 Å². The number of esters is 3. The van der Waals surface area contributed by atoms with E-state index in [1.54, 1.807) is 45.9 Å². The van der Waals surface area contributed by atoms with Crippen LogP contribution in [0.4, 0.5) is 0 Å². The van der Waals surface area contributed by atoms with Crippen molar-refractivity contribution in [2.45, 2.75) is 65.5 Å². The van der Waals surface area contributed by atoms with Crippen LogP contribution >= 0.6 is 0 Å². The average Bonchev–Trinajstić information content (AvgIpc) is 2.93. The van der Waals surface area contributed by atoms with Crippen LogP contribution in [0.3, 0.4) is 0 Å². The highest BCUT2D eigenvalue weighted by Crippen LogP contribution is 2.37. The fourth-order valence-corrected chi connectivity index (χ4v) is 3.36. The van der Waals surface area contributed by atoms with Gasteiger partial charge in [0.25, 0.3) is 0 Å². The van der Waals surface area contributed by atoms with Crippen molar-refractivity contribution in [3.05, 3.63) is 47.1 Å². The Balaban J connectivity index is 2.52. The summed E-state index contributed by atoms with van der Waals surface area (Å²) in [5.41, 5.74) is 1.71. The Kier molecular flexibility index (Phi) is 7.19. The van der Waals surface area contributed by atoms with Crippen molar-refractivity contribution in [1.29, 1.82) is 0 Å². The van der Waals surface area contributed by atoms with Gasteiger partial charge in [0.2, 0.25) is 0 Å². The summed E-state index contributed by atoms with van der Waals surface area (Å²) in [6.45, 7) is 11.9. The number of carbonyl (C=O) groups is 3. The SMILES string of the molecule is C=C1C(=O)O[C@@H]2/C=C(\C)[C@@H](OC(C)=O)CC=C(C)C(O)[C@@H](OC(=O)/C(C)=C\C)[C@@H]12. The summed E-state index contributed by atoms with van der Waals surface area (Å²) in [6, 6.07) is 0. The first-order valence-corrected chi connectivity index (χ1v) is 9.50. The summed E-state index contributed by atoms with van der Waals surface area (Å²) in [6.07, 6.45) is 1.71. The van der Waals surface area contributed by atoms with Gasteiger partial charge in [-0.3, -0.25) is 4.79 Å². The quantitative estimate of drug-likeness (QED) is 0.334. The summed E-state index contributed by atoms with van der Waals surface area (Å²) in [7, 11) is 0. The van der Waals surface area contributed by atoms with Gasteiger partial charge in [-0.15, -0.1) is 0 Å². The molecular weight excluding hydrogens is 376 g/mol. The molecule has 1 saturated heterocycles. The van der Waals surface area contributed by atoms with Gasteiger partial charge in [0, 0.05) is 24.5 Å². The Labute approximate surface area is 170 Å². The molecule has 0 saturated carbocycles. The lowest BCUT2D eigenvalue weighted by Crippen LogP contribution is -2.43. The van der Waals surface area contributed by atoms with Gasteiger partial charge in [0.05, 0.1) is 5.92 Å². The van der Waals surface area contributed by atoms with Gasteiger partial charge in [0.1, 0.15) is 24.4 Å². The van der Waals surface area contributed by atoms with Crippen LogP contribution in [0.15, 0.2) is 47.1 Å². The fourth-order valence-electron chi connectivity index (χ4n) is 3.36. The minimum atomic E-state index is -1.19. The number of hydrogen-bond acceptors (Lipinski definition) is 7. The molecule has 5 atom stereocenters. The maximum Gasteiger partial charge on any atom is 0.334 e. The molecule has 1 fully saturated rings. The van der Waals surface area contributed by atoms with Crippen LogP contribution in [0.5, 0.6) is 0 Å². The molecule has 0 radical (unpaired) electrons. The third-order valence-electron chi connectivity index (χ3n) is 5.29. The first-order chi connectivity index (χ1) is 13.6. The largest absolute Gasteiger partial charge is 0.458 e. The molecule has 1 unspecified atom stereocenters. The van der Waals surface area contributed by atoms with E-state index in [1.807, 2.05) is 0 Å². The lowest BCUT2D eigenvalue weighted by Gasteiger charge is -2.32. The number of aliphatic hydroxyl groups excluding tert-OH is 1. The topological polar surface area (TPSA) is 99.1 Å². The highest BCUT2D eigenvalue weighted by atomic mass is 16.6. The fraction of sp³-hybridized carbons (Fsp3) is 0.500. The summed E-state index contributed by atoms with van der Waals surface area (Å²) in [4.78, 5) is 36.1. The molecule has 7 heteroatoms. The number of ether oxygens (including phenoxy) is 3. The van der Waals surface area contributed by atoms with Crippen molar-refractivity contribution in [2.75, 3.05) is 0 Å². The number of hydrogen-bond donors (Lipinski definition) is 1. The van der Waals surface area contributed by atoms with Gasteiger partial charge in [0.15, 0.2) is 0 Å². The lowest BCUT2D eigenvalue weighted by atomic mass is 9.83. The maximum atomic E-state index is 12.4. The molecule has 2 aliphatic rings. The molecule has 0 aromatic carbocycles. The Hall–Kier alpha value is -2.67. The van der Waals surface area contributed by atoms with Gasteiger partial charge in [-0.05, 0) is 44.9 Å². The van der Waals surface area contributed by atoms with Crippen molar-refractivity contribution in [3.8, 4) is 0 Å². The van der Waals surface area contributed by atoms with E-state index in [2.05, 4.69) is 6.58 Å². The van der Waals surface area contributed by atoms with Gasteiger partial charge in [-0.25, -0.2) is 9.59 Å². The second kappa shape index (κ2) is 9.22. The molecule has 7 nitrogen and oxygen atoms in total. The van der Waals surface area contributed by atoms with Crippen LogP contribution in [0.1, 0.15) is 41.0 Å². The van der Waals surface area contributed by atoms with E-state index in [9.17, 15) is 19.5 Å². The van der Waals surface area contributed by atoms with Crippen LogP contribution in [-0.4, -0.2) is 47.4 Å². The van der Waals surface area contributed by atoms with Crippen LogP contribution in [0, 0.1) is 5.92 Å². The van der Waals surface area contributed by atoms with Crippen molar-refractivity contribution in [2.24, 2.45) is 5.92 Å². The maximum absolute atomic E-state index is 12.4. The van der Waals surface area contributed by atoms with Crippen LogP contribution < -0.4 is 0 Å². The van der Waals surface area contributed by atoms with E-state index in [-0.39, 0.29) is 5.57 Å². The zero-order chi connectivity index (χ0) is 21.9. The van der Waals surface area contributed by atoms with Crippen molar-refractivity contribution < 1.29 is 33.7 Å². The van der Waals surface area contributed by atoms with E-state index >= 15 is 0 Å². The second-order valence-corrected chi connectivity index (χ2v) is 7.40. The molecular formula is C22H28O7. The molecule has 29 heavy (non-hydrogen) atoms. The highest BCUT2D eigenvalue weighted by molar-refractivity contribution is 5.92. The number of aliphatic hydroxyl groups is 1. The minimum absolute atomic E-state index is 0.117. The Morgan fingerprint density at radius 3 is 2.48 bits per heavy atom. The highest BCUT2D eigenvalue weighted by Gasteiger charge is 2.47. The molecule has 0 aromatic rings. The zero-order valence-corrected chi connectivity index (χ0v) is 17.4. The molecule has 2 rings (SSSR count). The molecule has 0 amide bonds. The normalized spacial score (nSPS) is 32.3. The zero-order valence-electron chi connectivity index (χ0n) is 17.4. The number of carbonyl (C=O) groups excluding carboxylic acids is 3. The van der Waals surface area contributed by atoms with Crippen LogP contribution in [-0.2, 0) is 28.6 Å². The molecule has 0 spiro atoms. The monoisotopic (exact) mass is 404 g/mol. The Morgan fingerprint density at radius 2 is 1.90 bits per heavy atom. The Morgan fingerprint density at radius 1 is 1.24 bits per heavy atom. The number of fused-ring (bicyclic) bond motifs is 1. The smallest absolute Gasteiger partial charge is 0.334 e. The third-order valence-corrected chi connectivity index (χ3v) is 5.29. The average molecular weight is 404 g/mol. The molecule has 1 aliphatic carbocycles. The van der Waals surface area contributed by atoms with Crippen LogP contribution in [0.2, 0.25) is 0 Å². The summed E-state index contributed by atoms with van der Waals surface area (Å²) in [5, 5.41) is 10.9. The summed E-state index contributed by atoms with van der Waals surface area (Å²) in [5.74, 6) is -2.43. The van der Waals surface area contributed by atoms with E-state index in [0.717, 1.165) is 0 Å². The minimum Gasteiger partial charge on any atom is -0.458 e. The molecule has 1 N–H and O–H groups in total. The second-order valence-electron chi connectivity index (χ2n) is 7.40. The van der Waals surface area contributed by atoms with Crippen LogP contribution in [0.25, 0.3) is 0 Å². The van der Waals surface area contributed by atoms with Gasteiger partial charge < -0.3 is 19.3 Å².